The van der Waals surface area contributed by atoms with Crippen LogP contribution in [0.5, 0.6) is 0 Å². The number of rotatable bonds is 4. The Labute approximate surface area is 189 Å². The predicted octanol–water partition coefficient (Wildman–Crippen LogP) is 3.33. The van der Waals surface area contributed by atoms with Gasteiger partial charge in [0.25, 0.3) is 0 Å². The Kier molecular flexibility index (Phi) is 4.88. The standard InChI is InChI=1S/C23H22ClN3O3S/c1-12-14(24)7-5-9-17(12)27-20(28)18-16(10-11-31-2)26-23(19(18)21(27)29)13-6-3-4-8-15(13)25-22(23)30/h3-9,16,18-19,26H,10-11H2,1-2H3,(H,25,30)/t16-,18+,19-,23-/m0/s1. The van der Waals surface area contributed by atoms with Crippen LogP contribution in [0.15, 0.2) is 42.5 Å². The van der Waals surface area contributed by atoms with Gasteiger partial charge in [0, 0.05) is 22.3 Å². The molecule has 4 atom stereocenters. The number of halogens is 1. The lowest BCUT2D eigenvalue weighted by Crippen LogP contribution is -2.53. The van der Waals surface area contributed by atoms with Gasteiger partial charge in [-0.15, -0.1) is 0 Å². The second-order valence-electron chi connectivity index (χ2n) is 8.24. The topological polar surface area (TPSA) is 78.5 Å². The SMILES string of the molecule is CSCC[C@@H]1N[C@]2(C(=O)Nc3ccccc32)[C@@H]2C(=O)N(c3cccc(Cl)c3C)C(=O)[C@H]12. The van der Waals surface area contributed by atoms with E-state index in [1.165, 1.54) is 4.90 Å². The molecule has 2 aromatic carbocycles. The summed E-state index contributed by atoms with van der Waals surface area (Å²) in [5.41, 5.74) is 1.32. The quantitative estimate of drug-likeness (QED) is 0.691. The zero-order valence-electron chi connectivity index (χ0n) is 17.1. The monoisotopic (exact) mass is 455 g/mol. The van der Waals surface area contributed by atoms with E-state index in [2.05, 4.69) is 10.6 Å². The van der Waals surface area contributed by atoms with Crippen molar-refractivity contribution >= 4 is 52.5 Å². The summed E-state index contributed by atoms with van der Waals surface area (Å²) in [5.74, 6) is -1.51. The van der Waals surface area contributed by atoms with Crippen molar-refractivity contribution in [3.8, 4) is 0 Å². The highest BCUT2D eigenvalue weighted by Gasteiger charge is 2.70. The molecule has 0 saturated carbocycles. The second kappa shape index (κ2) is 7.36. The first-order chi connectivity index (χ1) is 14.9. The lowest BCUT2D eigenvalue weighted by molar-refractivity contribution is -0.130. The number of hydrogen-bond acceptors (Lipinski definition) is 5. The summed E-state index contributed by atoms with van der Waals surface area (Å²) in [6, 6.07) is 12.3. The van der Waals surface area contributed by atoms with Gasteiger partial charge in [-0.3, -0.25) is 19.7 Å². The van der Waals surface area contributed by atoms with Crippen molar-refractivity contribution in [1.82, 2.24) is 5.32 Å². The first-order valence-corrected chi connectivity index (χ1v) is 12.0. The van der Waals surface area contributed by atoms with Crippen LogP contribution in [0.4, 0.5) is 11.4 Å². The maximum atomic E-state index is 13.8. The van der Waals surface area contributed by atoms with Gasteiger partial charge in [0.1, 0.15) is 5.54 Å². The second-order valence-corrected chi connectivity index (χ2v) is 9.63. The molecule has 6 nitrogen and oxygen atoms in total. The van der Waals surface area contributed by atoms with E-state index in [1.54, 1.807) is 36.9 Å². The Hall–Kier alpha value is -2.35. The van der Waals surface area contributed by atoms with Crippen molar-refractivity contribution in [2.75, 3.05) is 22.2 Å². The van der Waals surface area contributed by atoms with Gasteiger partial charge >= 0.3 is 0 Å². The van der Waals surface area contributed by atoms with Crippen LogP contribution in [-0.2, 0) is 19.9 Å². The Bertz CT molecular complexity index is 1120. The van der Waals surface area contributed by atoms with Gasteiger partial charge in [-0.05, 0) is 49.1 Å². The van der Waals surface area contributed by atoms with Crippen LogP contribution in [0.2, 0.25) is 5.02 Å². The molecule has 0 aliphatic carbocycles. The Morgan fingerprint density at radius 3 is 2.65 bits per heavy atom. The molecule has 0 bridgehead atoms. The van der Waals surface area contributed by atoms with Crippen molar-refractivity contribution in [2.45, 2.75) is 24.9 Å². The molecule has 0 aromatic heterocycles. The molecule has 2 saturated heterocycles. The number of carbonyl (C=O) groups excluding carboxylic acids is 3. The summed E-state index contributed by atoms with van der Waals surface area (Å²) in [5, 5.41) is 6.86. The predicted molar refractivity (Wildman–Crippen MR) is 122 cm³/mol. The summed E-state index contributed by atoms with van der Waals surface area (Å²) >= 11 is 7.96. The van der Waals surface area contributed by atoms with E-state index in [9.17, 15) is 14.4 Å². The summed E-state index contributed by atoms with van der Waals surface area (Å²) in [6.07, 6.45) is 2.68. The number of nitrogens with zero attached hydrogens (tertiary/aromatic N) is 1. The summed E-state index contributed by atoms with van der Waals surface area (Å²) < 4.78 is 0. The molecule has 160 valence electrons. The van der Waals surface area contributed by atoms with E-state index in [-0.39, 0.29) is 23.8 Å². The molecule has 5 rings (SSSR count). The van der Waals surface area contributed by atoms with Crippen LogP contribution in [0.3, 0.4) is 0 Å². The maximum Gasteiger partial charge on any atom is 0.250 e. The van der Waals surface area contributed by atoms with Crippen LogP contribution < -0.4 is 15.5 Å². The first-order valence-electron chi connectivity index (χ1n) is 10.2. The third kappa shape index (κ3) is 2.73. The van der Waals surface area contributed by atoms with Crippen LogP contribution >= 0.6 is 23.4 Å². The number of nitrogens with one attached hydrogen (secondary N) is 2. The van der Waals surface area contributed by atoms with Crippen molar-refractivity contribution in [3.05, 3.63) is 58.6 Å². The number of imide groups is 1. The molecule has 2 aromatic rings. The van der Waals surface area contributed by atoms with Crippen molar-refractivity contribution in [2.24, 2.45) is 11.8 Å². The summed E-state index contributed by atoms with van der Waals surface area (Å²) in [4.78, 5) is 42.1. The smallest absolute Gasteiger partial charge is 0.250 e. The lowest BCUT2D eigenvalue weighted by Gasteiger charge is -2.30. The molecule has 0 unspecified atom stereocenters. The number of para-hydroxylation sites is 1. The van der Waals surface area contributed by atoms with Crippen molar-refractivity contribution < 1.29 is 14.4 Å². The van der Waals surface area contributed by atoms with Gasteiger partial charge in [0.05, 0.1) is 17.5 Å². The molecular weight excluding hydrogens is 434 g/mol. The lowest BCUT2D eigenvalue weighted by atomic mass is 9.76. The van der Waals surface area contributed by atoms with Gasteiger partial charge < -0.3 is 5.32 Å². The van der Waals surface area contributed by atoms with E-state index < -0.39 is 17.4 Å². The molecule has 8 heteroatoms. The van der Waals surface area contributed by atoms with Gasteiger partial charge in [-0.25, -0.2) is 4.90 Å². The maximum absolute atomic E-state index is 13.8. The highest BCUT2D eigenvalue weighted by atomic mass is 35.5. The van der Waals surface area contributed by atoms with Crippen LogP contribution in [0.1, 0.15) is 17.5 Å². The highest BCUT2D eigenvalue weighted by molar-refractivity contribution is 7.98. The zero-order valence-corrected chi connectivity index (χ0v) is 18.7. The fraction of sp³-hybridized carbons (Fsp3) is 0.348. The van der Waals surface area contributed by atoms with E-state index in [0.29, 0.717) is 28.4 Å². The van der Waals surface area contributed by atoms with Gasteiger partial charge in [0.2, 0.25) is 17.7 Å². The fourth-order valence-electron chi connectivity index (χ4n) is 5.33. The number of benzene rings is 2. The van der Waals surface area contributed by atoms with Crippen molar-refractivity contribution in [3.63, 3.8) is 0 Å². The minimum absolute atomic E-state index is 0.270. The number of hydrogen-bond donors (Lipinski definition) is 2. The number of thioether (sulfide) groups is 1. The number of amides is 3. The van der Waals surface area contributed by atoms with E-state index >= 15 is 0 Å². The van der Waals surface area contributed by atoms with Crippen LogP contribution in [0.25, 0.3) is 0 Å². The molecule has 3 amide bonds. The van der Waals surface area contributed by atoms with E-state index in [0.717, 1.165) is 11.3 Å². The molecule has 3 heterocycles. The van der Waals surface area contributed by atoms with Gasteiger partial charge in [-0.2, -0.15) is 11.8 Å². The Morgan fingerprint density at radius 1 is 1.10 bits per heavy atom. The fourth-order valence-corrected chi connectivity index (χ4v) is 5.99. The third-order valence-electron chi connectivity index (χ3n) is 6.74. The molecule has 0 radical (unpaired) electrons. The highest BCUT2D eigenvalue weighted by Crippen LogP contribution is 2.54. The minimum Gasteiger partial charge on any atom is -0.324 e. The molecule has 1 spiro atoms. The molecule has 2 fully saturated rings. The molecular formula is C23H22ClN3O3S. The van der Waals surface area contributed by atoms with E-state index in [1.807, 2.05) is 30.5 Å². The zero-order chi connectivity index (χ0) is 21.9. The average Bonchev–Trinajstić information content (AvgIpc) is 3.34. The largest absolute Gasteiger partial charge is 0.324 e. The number of fused-ring (bicyclic) bond motifs is 4. The normalized spacial score (nSPS) is 28.9. The Morgan fingerprint density at radius 2 is 1.87 bits per heavy atom. The molecule has 3 aliphatic heterocycles. The third-order valence-corrected chi connectivity index (χ3v) is 7.79. The summed E-state index contributed by atoms with van der Waals surface area (Å²) in [6.45, 7) is 1.79. The van der Waals surface area contributed by atoms with E-state index in [4.69, 9.17) is 11.6 Å². The molecule has 3 aliphatic rings. The van der Waals surface area contributed by atoms with Crippen molar-refractivity contribution in [1.29, 1.82) is 0 Å². The number of anilines is 2. The minimum atomic E-state index is -1.25. The molecule has 2 N–H and O–H groups in total. The van der Waals surface area contributed by atoms with Gasteiger partial charge in [0.15, 0.2) is 0 Å². The average molecular weight is 456 g/mol. The summed E-state index contributed by atoms with van der Waals surface area (Å²) in [7, 11) is 0. The van der Waals surface area contributed by atoms with Gasteiger partial charge in [-0.1, -0.05) is 35.9 Å². The van der Waals surface area contributed by atoms with Crippen LogP contribution in [0, 0.1) is 18.8 Å². The first kappa shape index (κ1) is 20.5. The molecule has 31 heavy (non-hydrogen) atoms. The Balaban J connectivity index is 1.67. The number of carbonyl (C=O) groups is 3. The van der Waals surface area contributed by atoms with Crippen LogP contribution in [-0.4, -0.2) is 35.8 Å².